The van der Waals surface area contributed by atoms with Crippen LogP contribution in [0.3, 0.4) is 0 Å². The van der Waals surface area contributed by atoms with Gasteiger partial charge in [-0.15, -0.1) is 0 Å². The minimum absolute atomic E-state index is 0.177. The third-order valence-electron chi connectivity index (χ3n) is 4.59. The number of aromatic carboxylic acids is 1. The van der Waals surface area contributed by atoms with Gasteiger partial charge in [-0.3, -0.25) is 4.79 Å². The minimum atomic E-state index is -1.18. The van der Waals surface area contributed by atoms with Crippen LogP contribution in [0, 0.1) is 13.8 Å². The fraction of sp³-hybridized carbons (Fsp3) is 0.263. The van der Waals surface area contributed by atoms with Gasteiger partial charge in [0, 0.05) is 25.0 Å². The van der Waals surface area contributed by atoms with Crippen molar-refractivity contribution in [2.24, 2.45) is 0 Å². The van der Waals surface area contributed by atoms with Crippen molar-refractivity contribution in [2.75, 3.05) is 0 Å². The third-order valence-corrected chi connectivity index (χ3v) is 4.59. The van der Waals surface area contributed by atoms with E-state index in [-0.39, 0.29) is 5.56 Å². The highest BCUT2D eigenvalue weighted by Gasteiger charge is 2.21. The van der Waals surface area contributed by atoms with Crippen molar-refractivity contribution in [1.29, 1.82) is 0 Å². The van der Waals surface area contributed by atoms with Gasteiger partial charge in [0.2, 0.25) is 5.43 Å². The van der Waals surface area contributed by atoms with Crippen LogP contribution in [0.4, 0.5) is 0 Å². The van der Waals surface area contributed by atoms with Crippen molar-refractivity contribution in [2.45, 2.75) is 33.9 Å². The van der Waals surface area contributed by atoms with Crippen LogP contribution in [0.5, 0.6) is 0 Å². The number of carboxylic acids is 1. The van der Waals surface area contributed by atoms with Crippen LogP contribution >= 0.6 is 0 Å². The number of carbonyl (C=O) groups is 1. The first-order valence-corrected chi connectivity index (χ1v) is 7.95. The molecule has 0 saturated carbocycles. The molecular weight excluding hydrogens is 304 g/mol. The molecule has 3 rings (SSSR count). The highest BCUT2D eigenvalue weighted by atomic mass is 16.4. The van der Waals surface area contributed by atoms with Crippen molar-refractivity contribution in [3.05, 3.63) is 69.1 Å². The molecule has 1 aromatic carbocycles. The monoisotopic (exact) mass is 324 g/mol. The average Bonchev–Trinajstić information content (AvgIpc) is 2.82. The van der Waals surface area contributed by atoms with E-state index in [1.807, 2.05) is 55.7 Å². The summed E-state index contributed by atoms with van der Waals surface area (Å²) < 4.78 is 3.94. The highest BCUT2D eigenvalue weighted by Crippen LogP contribution is 2.24. The molecule has 3 aromatic rings. The molecule has 0 radical (unpaired) electrons. The van der Waals surface area contributed by atoms with E-state index in [4.69, 9.17) is 0 Å². The number of hydrogen-bond donors (Lipinski definition) is 1. The first-order chi connectivity index (χ1) is 11.5. The van der Waals surface area contributed by atoms with Crippen LogP contribution in [0.15, 0.2) is 41.3 Å². The summed E-state index contributed by atoms with van der Waals surface area (Å²) in [5, 5.41) is 9.83. The molecule has 5 heteroatoms. The number of benzene rings is 1. The fourth-order valence-electron chi connectivity index (χ4n) is 3.18. The fourth-order valence-corrected chi connectivity index (χ4v) is 3.18. The van der Waals surface area contributed by atoms with Gasteiger partial charge in [-0.05, 0) is 31.9 Å². The van der Waals surface area contributed by atoms with Crippen molar-refractivity contribution < 1.29 is 9.90 Å². The Balaban J connectivity index is 2.35. The predicted molar refractivity (Wildman–Crippen MR) is 93.8 cm³/mol. The lowest BCUT2D eigenvalue weighted by molar-refractivity contribution is 0.0695. The standard InChI is InChI=1S/C19H20N2O3/c1-4-20-11-15(19(23)24)17(22)16-12(2)13(3)21(18(16)20)10-14-8-6-5-7-9-14/h5-9,11H,4,10H2,1-3H3,(H,23,24). The Bertz CT molecular complexity index is 981. The molecule has 2 aromatic heterocycles. The van der Waals surface area contributed by atoms with E-state index < -0.39 is 11.4 Å². The average molecular weight is 324 g/mol. The summed E-state index contributed by atoms with van der Waals surface area (Å²) in [6, 6.07) is 10.0. The molecular formula is C19H20N2O3. The second-order valence-electron chi connectivity index (χ2n) is 5.94. The van der Waals surface area contributed by atoms with Crippen LogP contribution in [-0.4, -0.2) is 20.2 Å². The molecule has 0 fully saturated rings. The van der Waals surface area contributed by atoms with Crippen LogP contribution < -0.4 is 5.43 Å². The molecule has 2 heterocycles. The molecule has 0 amide bonds. The van der Waals surface area contributed by atoms with Gasteiger partial charge in [0.05, 0.1) is 5.39 Å². The lowest BCUT2D eigenvalue weighted by atomic mass is 10.1. The number of aryl methyl sites for hydroxylation is 2. The van der Waals surface area contributed by atoms with Gasteiger partial charge in [0.15, 0.2) is 0 Å². The third kappa shape index (κ3) is 2.42. The van der Waals surface area contributed by atoms with Gasteiger partial charge < -0.3 is 14.2 Å². The molecule has 5 nitrogen and oxygen atoms in total. The van der Waals surface area contributed by atoms with E-state index in [0.29, 0.717) is 18.5 Å². The summed E-state index contributed by atoms with van der Waals surface area (Å²) in [6.45, 7) is 7.03. The van der Waals surface area contributed by atoms with E-state index in [1.54, 1.807) is 0 Å². The normalized spacial score (nSPS) is 11.1. The second kappa shape index (κ2) is 6.00. The van der Waals surface area contributed by atoms with Gasteiger partial charge >= 0.3 is 5.97 Å². The van der Waals surface area contributed by atoms with E-state index in [1.165, 1.54) is 6.20 Å². The summed E-state index contributed by atoms with van der Waals surface area (Å²) in [5.41, 5.74) is 3.16. The van der Waals surface area contributed by atoms with E-state index >= 15 is 0 Å². The molecule has 24 heavy (non-hydrogen) atoms. The Hall–Kier alpha value is -2.82. The Kier molecular flexibility index (Phi) is 4.01. The second-order valence-corrected chi connectivity index (χ2v) is 5.94. The Morgan fingerprint density at radius 2 is 1.83 bits per heavy atom. The van der Waals surface area contributed by atoms with E-state index in [2.05, 4.69) is 4.57 Å². The topological polar surface area (TPSA) is 64.2 Å². The first-order valence-electron chi connectivity index (χ1n) is 7.95. The Labute approximate surface area is 139 Å². The van der Waals surface area contributed by atoms with Crippen LogP contribution in [0.25, 0.3) is 11.0 Å². The smallest absolute Gasteiger partial charge is 0.341 e. The SMILES string of the molecule is CCn1cc(C(=O)O)c(=O)c2c(C)c(C)n(Cc3ccccc3)c21. The lowest BCUT2D eigenvalue weighted by Gasteiger charge is -2.13. The van der Waals surface area contributed by atoms with Gasteiger partial charge in [0.25, 0.3) is 0 Å². The zero-order valence-corrected chi connectivity index (χ0v) is 14.0. The highest BCUT2D eigenvalue weighted by molar-refractivity contribution is 5.93. The molecule has 0 aliphatic rings. The van der Waals surface area contributed by atoms with Gasteiger partial charge in [0.1, 0.15) is 11.2 Å². The number of carboxylic acid groups (broad SMARTS) is 1. The zero-order valence-electron chi connectivity index (χ0n) is 14.0. The summed E-state index contributed by atoms with van der Waals surface area (Å²) in [4.78, 5) is 24.1. The summed E-state index contributed by atoms with van der Waals surface area (Å²) in [7, 11) is 0. The first kappa shape index (κ1) is 16.1. The quantitative estimate of drug-likeness (QED) is 0.801. The molecule has 0 bridgehead atoms. The van der Waals surface area contributed by atoms with Crippen molar-refractivity contribution in [1.82, 2.24) is 9.13 Å². The molecule has 0 spiro atoms. The van der Waals surface area contributed by atoms with Gasteiger partial charge in [-0.25, -0.2) is 4.79 Å². The summed E-state index contributed by atoms with van der Waals surface area (Å²) in [5.74, 6) is -1.18. The van der Waals surface area contributed by atoms with E-state index in [0.717, 1.165) is 22.5 Å². The number of hydrogen-bond acceptors (Lipinski definition) is 2. The lowest BCUT2D eigenvalue weighted by Crippen LogP contribution is -2.19. The summed E-state index contributed by atoms with van der Waals surface area (Å²) >= 11 is 0. The maximum Gasteiger partial charge on any atom is 0.341 e. The number of aromatic nitrogens is 2. The predicted octanol–water partition coefficient (Wildman–Crippen LogP) is 3.19. The van der Waals surface area contributed by atoms with Gasteiger partial charge in [-0.2, -0.15) is 0 Å². The maximum absolute atomic E-state index is 12.7. The number of fused-ring (bicyclic) bond motifs is 1. The summed E-state index contributed by atoms with van der Waals surface area (Å²) in [6.07, 6.45) is 1.45. The largest absolute Gasteiger partial charge is 0.477 e. The molecule has 1 N–H and O–H groups in total. The molecule has 0 aliphatic heterocycles. The van der Waals surface area contributed by atoms with E-state index in [9.17, 15) is 14.7 Å². The zero-order chi connectivity index (χ0) is 17.4. The van der Waals surface area contributed by atoms with Crippen LogP contribution in [0.1, 0.15) is 34.1 Å². The van der Waals surface area contributed by atoms with Crippen molar-refractivity contribution in [3.63, 3.8) is 0 Å². The van der Waals surface area contributed by atoms with Crippen molar-refractivity contribution >= 4 is 17.0 Å². The van der Waals surface area contributed by atoms with Gasteiger partial charge in [-0.1, -0.05) is 30.3 Å². The van der Waals surface area contributed by atoms with Crippen LogP contribution in [-0.2, 0) is 13.1 Å². The van der Waals surface area contributed by atoms with Crippen molar-refractivity contribution in [3.8, 4) is 0 Å². The Morgan fingerprint density at radius 3 is 2.42 bits per heavy atom. The maximum atomic E-state index is 12.7. The number of nitrogens with zero attached hydrogens (tertiary/aromatic N) is 2. The number of rotatable bonds is 4. The molecule has 124 valence electrons. The number of pyridine rings is 1. The molecule has 0 saturated heterocycles. The minimum Gasteiger partial charge on any atom is -0.477 e. The Morgan fingerprint density at radius 1 is 1.17 bits per heavy atom. The molecule has 0 unspecified atom stereocenters. The molecule has 0 aliphatic carbocycles. The van der Waals surface area contributed by atoms with Crippen LogP contribution in [0.2, 0.25) is 0 Å². The molecule has 0 atom stereocenters.